The first-order valence-corrected chi connectivity index (χ1v) is 4.98. The normalized spacial score (nSPS) is 24.1. The van der Waals surface area contributed by atoms with Gasteiger partial charge in [0.25, 0.3) is 6.26 Å². The Hall–Kier alpha value is -1.44. The van der Waals surface area contributed by atoms with Gasteiger partial charge < -0.3 is 9.47 Å². The molecule has 0 saturated heterocycles. The van der Waals surface area contributed by atoms with E-state index >= 15 is 0 Å². The average Bonchev–Trinajstić information content (AvgIpc) is 2.53. The second-order valence-corrected chi connectivity index (χ2v) is 4.02. The molecule has 2 aliphatic rings. The molecule has 0 radical (unpaired) electrons. The van der Waals surface area contributed by atoms with Crippen molar-refractivity contribution < 1.29 is 9.47 Å². The lowest BCUT2D eigenvalue weighted by molar-refractivity contribution is -0.126. The average molecular weight is 189 g/mol. The predicted molar refractivity (Wildman–Crippen MR) is 54.1 cm³/mol. The van der Waals surface area contributed by atoms with Crippen LogP contribution in [0, 0.1) is 0 Å². The molecule has 0 amide bonds. The van der Waals surface area contributed by atoms with Crippen LogP contribution in [0.5, 0.6) is 0 Å². The van der Waals surface area contributed by atoms with E-state index in [0.29, 0.717) is 11.9 Å². The summed E-state index contributed by atoms with van der Waals surface area (Å²) in [5, 5.41) is 9.44. The smallest absolute Gasteiger partial charge is 0.257 e. The largest absolute Gasteiger partial charge is 0.569 e. The van der Waals surface area contributed by atoms with Gasteiger partial charge in [-0.25, -0.2) is 0 Å². The number of fused-ring (bicyclic) bond motifs is 2. The first-order valence-electron chi connectivity index (χ1n) is 4.98. The molecule has 1 aromatic carbocycles. The third kappa shape index (κ3) is 1.10. The van der Waals surface area contributed by atoms with Crippen LogP contribution >= 0.6 is 0 Å². The molecule has 2 heterocycles. The highest BCUT2D eigenvalue weighted by Gasteiger charge is 2.35. The van der Waals surface area contributed by atoms with Crippen LogP contribution in [0.15, 0.2) is 36.3 Å². The third-order valence-electron chi connectivity index (χ3n) is 3.04. The molecule has 2 nitrogen and oxygen atoms in total. The lowest BCUT2D eigenvalue weighted by atomic mass is 9.98. The molecule has 0 spiro atoms. The number of aliphatic hydroxyl groups excluding tert-OH is 1. The van der Waals surface area contributed by atoms with Crippen molar-refractivity contribution in [2.24, 2.45) is 0 Å². The van der Waals surface area contributed by atoms with E-state index in [-0.39, 0.29) is 0 Å². The SMILES string of the molecule is OC1=C[O+]2Cc3ccccc3CC2C1. The van der Waals surface area contributed by atoms with Gasteiger partial charge in [-0.15, -0.1) is 0 Å². The van der Waals surface area contributed by atoms with Gasteiger partial charge in [0.2, 0.25) is 0 Å². The molecule has 2 heteroatoms. The van der Waals surface area contributed by atoms with Gasteiger partial charge in [0.1, 0.15) is 0 Å². The van der Waals surface area contributed by atoms with Crippen molar-refractivity contribution in [2.45, 2.75) is 25.6 Å². The number of hydrogen-bond acceptors (Lipinski definition) is 1. The molecule has 0 saturated carbocycles. The van der Waals surface area contributed by atoms with Gasteiger partial charge in [-0.05, 0) is 11.6 Å². The summed E-state index contributed by atoms with van der Waals surface area (Å²) in [6, 6.07) is 8.49. The van der Waals surface area contributed by atoms with Crippen LogP contribution in [0.4, 0.5) is 0 Å². The zero-order valence-electron chi connectivity index (χ0n) is 7.94. The van der Waals surface area contributed by atoms with Crippen molar-refractivity contribution >= 4 is 0 Å². The topological polar surface area (TPSA) is 22.9 Å². The van der Waals surface area contributed by atoms with Crippen LogP contribution in [-0.2, 0) is 17.4 Å². The fourth-order valence-corrected chi connectivity index (χ4v) is 2.32. The van der Waals surface area contributed by atoms with Gasteiger partial charge in [-0.2, -0.15) is 0 Å². The van der Waals surface area contributed by atoms with E-state index < -0.39 is 0 Å². The lowest BCUT2D eigenvalue weighted by Gasteiger charge is -2.30. The van der Waals surface area contributed by atoms with Crippen molar-refractivity contribution in [3.05, 3.63) is 47.4 Å². The van der Waals surface area contributed by atoms with E-state index in [1.165, 1.54) is 11.1 Å². The van der Waals surface area contributed by atoms with E-state index in [9.17, 15) is 5.11 Å². The Balaban J connectivity index is 1.96. The van der Waals surface area contributed by atoms with Crippen LogP contribution in [0.3, 0.4) is 0 Å². The van der Waals surface area contributed by atoms with E-state index in [1.807, 2.05) is 0 Å². The Bertz CT molecular complexity index is 395. The Morgan fingerprint density at radius 3 is 2.79 bits per heavy atom. The molecular formula is C12H13O2+. The third-order valence-corrected chi connectivity index (χ3v) is 3.04. The van der Waals surface area contributed by atoms with E-state index in [2.05, 4.69) is 28.6 Å². The molecule has 0 fully saturated rings. The first kappa shape index (κ1) is 7.92. The maximum absolute atomic E-state index is 9.44. The van der Waals surface area contributed by atoms with Gasteiger partial charge >= 0.3 is 0 Å². The van der Waals surface area contributed by atoms with Crippen molar-refractivity contribution in [1.82, 2.24) is 0 Å². The van der Waals surface area contributed by atoms with Gasteiger partial charge in [-0.3, -0.25) is 0 Å². The highest BCUT2D eigenvalue weighted by atomic mass is 16.7. The lowest BCUT2D eigenvalue weighted by Crippen LogP contribution is -2.27. The number of benzene rings is 1. The molecule has 1 aromatic rings. The summed E-state index contributed by atoms with van der Waals surface area (Å²) in [7, 11) is 0. The van der Waals surface area contributed by atoms with Crippen molar-refractivity contribution in [1.29, 1.82) is 0 Å². The summed E-state index contributed by atoms with van der Waals surface area (Å²) >= 11 is 0. The van der Waals surface area contributed by atoms with Crippen molar-refractivity contribution in [3.8, 4) is 0 Å². The van der Waals surface area contributed by atoms with E-state index in [1.54, 1.807) is 6.26 Å². The molecule has 1 unspecified atom stereocenters. The van der Waals surface area contributed by atoms with Crippen LogP contribution in [0.1, 0.15) is 17.5 Å². The minimum atomic E-state index is 0.407. The highest BCUT2D eigenvalue weighted by molar-refractivity contribution is 5.30. The Kier molecular flexibility index (Phi) is 1.57. The quantitative estimate of drug-likeness (QED) is 0.622. The number of aliphatic hydroxyl groups is 1. The monoisotopic (exact) mass is 189 g/mol. The minimum Gasteiger partial charge on any atom is -0.569 e. The summed E-state index contributed by atoms with van der Waals surface area (Å²) in [5.74, 6) is 0.493. The Morgan fingerprint density at radius 2 is 1.93 bits per heavy atom. The molecule has 0 bridgehead atoms. The van der Waals surface area contributed by atoms with E-state index in [0.717, 1.165) is 19.4 Å². The highest BCUT2D eigenvalue weighted by Crippen LogP contribution is 2.34. The fourth-order valence-electron chi connectivity index (χ4n) is 2.32. The van der Waals surface area contributed by atoms with Gasteiger partial charge in [0.15, 0.2) is 18.5 Å². The molecular weight excluding hydrogens is 176 g/mol. The molecule has 2 aliphatic heterocycles. The molecule has 0 aromatic heterocycles. The standard InChI is InChI=1S/C12H12O2/c13-11-6-12-5-9-3-1-2-4-10(9)7-14(12)8-11/h1-4,8,12H,5-7H2/p+1. The molecule has 1 atom stereocenters. The molecule has 1 N–H and O–H groups in total. The van der Waals surface area contributed by atoms with Crippen molar-refractivity contribution in [3.63, 3.8) is 0 Å². The minimum absolute atomic E-state index is 0.407. The van der Waals surface area contributed by atoms with Crippen LogP contribution in [-0.4, -0.2) is 11.2 Å². The van der Waals surface area contributed by atoms with Gasteiger partial charge in [0.05, 0.1) is 12.8 Å². The molecule has 3 rings (SSSR count). The van der Waals surface area contributed by atoms with Crippen molar-refractivity contribution in [2.75, 3.05) is 0 Å². The zero-order chi connectivity index (χ0) is 9.54. The molecule has 72 valence electrons. The Morgan fingerprint density at radius 1 is 1.14 bits per heavy atom. The molecule has 0 aliphatic carbocycles. The Labute approximate surface area is 83.1 Å². The maximum Gasteiger partial charge on any atom is 0.257 e. The second kappa shape index (κ2) is 2.77. The van der Waals surface area contributed by atoms with Crippen LogP contribution in [0.25, 0.3) is 0 Å². The summed E-state index contributed by atoms with van der Waals surface area (Å²) in [6.45, 7) is 0.866. The first-order chi connectivity index (χ1) is 6.83. The van der Waals surface area contributed by atoms with E-state index in [4.69, 9.17) is 0 Å². The van der Waals surface area contributed by atoms with Crippen LogP contribution < -0.4 is 0 Å². The fraction of sp³-hybridized carbons (Fsp3) is 0.333. The zero-order valence-corrected chi connectivity index (χ0v) is 7.94. The van der Waals surface area contributed by atoms with Gasteiger partial charge in [0, 0.05) is 5.56 Å². The van der Waals surface area contributed by atoms with Crippen LogP contribution in [0.2, 0.25) is 0 Å². The number of rotatable bonds is 0. The maximum atomic E-state index is 9.44. The molecule has 14 heavy (non-hydrogen) atoms. The summed E-state index contributed by atoms with van der Waals surface area (Å²) in [5.41, 5.74) is 2.78. The summed E-state index contributed by atoms with van der Waals surface area (Å²) < 4.78 is 3.08. The van der Waals surface area contributed by atoms with Gasteiger partial charge in [-0.1, -0.05) is 18.2 Å². The summed E-state index contributed by atoms with van der Waals surface area (Å²) in [4.78, 5) is 0. The second-order valence-electron chi connectivity index (χ2n) is 4.02. The summed E-state index contributed by atoms with van der Waals surface area (Å²) in [6.07, 6.45) is 4.02. The predicted octanol–water partition coefficient (Wildman–Crippen LogP) is 2.47. The number of hydrogen-bond donors (Lipinski definition) is 1.